The number of pyridine rings is 1. The van der Waals surface area contributed by atoms with Gasteiger partial charge in [0.15, 0.2) is 0 Å². The number of halogens is 1. The maximum Gasteiger partial charge on any atom is 0.141 e. The second kappa shape index (κ2) is 7.67. The largest absolute Gasteiger partial charge is 0.387 e. The Labute approximate surface area is 119 Å². The molecule has 0 aromatic carbocycles. The third-order valence-electron chi connectivity index (χ3n) is 3.54. The van der Waals surface area contributed by atoms with Gasteiger partial charge in [0.2, 0.25) is 0 Å². The van der Waals surface area contributed by atoms with Crippen molar-refractivity contribution in [2.45, 2.75) is 25.4 Å². The molecule has 4 nitrogen and oxygen atoms in total. The lowest BCUT2D eigenvalue weighted by atomic mass is 10.1. The van der Waals surface area contributed by atoms with Gasteiger partial charge in [-0.05, 0) is 44.4 Å². The zero-order chi connectivity index (χ0) is 14.4. The standard InChI is InChI=1S/C15H23FN2O2/c1-18(8-9-20-11-12-2-3-12)7-6-15(19)14-5-4-13(16)10-17-14/h4-5,10,12,15,19H,2-3,6-9,11H2,1H3. The summed E-state index contributed by atoms with van der Waals surface area (Å²) < 4.78 is 18.3. The van der Waals surface area contributed by atoms with Crippen LogP contribution in [0.1, 0.15) is 31.1 Å². The molecule has 2 rings (SSSR count). The van der Waals surface area contributed by atoms with Crippen molar-refractivity contribution >= 4 is 0 Å². The number of likely N-dealkylation sites (N-methyl/N-ethyl adjacent to an activating group) is 1. The molecule has 1 aliphatic rings. The van der Waals surface area contributed by atoms with Gasteiger partial charge < -0.3 is 14.7 Å². The van der Waals surface area contributed by atoms with Gasteiger partial charge in [-0.1, -0.05) is 0 Å². The first-order valence-electron chi connectivity index (χ1n) is 7.21. The zero-order valence-electron chi connectivity index (χ0n) is 12.0. The van der Waals surface area contributed by atoms with Crippen LogP contribution in [0.15, 0.2) is 18.3 Å². The van der Waals surface area contributed by atoms with E-state index in [-0.39, 0.29) is 5.82 Å². The van der Waals surface area contributed by atoms with E-state index in [2.05, 4.69) is 9.88 Å². The van der Waals surface area contributed by atoms with Crippen LogP contribution < -0.4 is 0 Å². The maximum atomic E-state index is 12.7. The first-order chi connectivity index (χ1) is 9.65. The molecule has 1 atom stereocenters. The number of nitrogens with zero attached hydrogens (tertiary/aromatic N) is 2. The molecule has 1 fully saturated rings. The molecule has 1 heterocycles. The average molecular weight is 282 g/mol. The lowest BCUT2D eigenvalue weighted by Crippen LogP contribution is -2.26. The summed E-state index contributed by atoms with van der Waals surface area (Å²) in [4.78, 5) is 6.01. The highest BCUT2D eigenvalue weighted by molar-refractivity contribution is 5.07. The summed E-state index contributed by atoms with van der Waals surface area (Å²) in [5, 5.41) is 9.97. The number of ether oxygens (including phenoxy) is 1. The minimum atomic E-state index is -0.648. The molecule has 0 radical (unpaired) electrons. The van der Waals surface area contributed by atoms with Crippen molar-refractivity contribution in [3.05, 3.63) is 29.8 Å². The van der Waals surface area contributed by atoms with Gasteiger partial charge in [0.05, 0.1) is 24.6 Å². The fourth-order valence-electron chi connectivity index (χ4n) is 1.94. The molecule has 0 aliphatic heterocycles. The molecule has 1 unspecified atom stereocenters. The normalized spacial score (nSPS) is 16.6. The Kier molecular flexibility index (Phi) is 5.88. The lowest BCUT2D eigenvalue weighted by molar-refractivity contribution is 0.0942. The van der Waals surface area contributed by atoms with Crippen molar-refractivity contribution < 1.29 is 14.2 Å². The van der Waals surface area contributed by atoms with Crippen molar-refractivity contribution in [2.24, 2.45) is 5.92 Å². The van der Waals surface area contributed by atoms with Crippen molar-refractivity contribution in [3.8, 4) is 0 Å². The summed E-state index contributed by atoms with van der Waals surface area (Å²) in [5.41, 5.74) is 0.518. The lowest BCUT2D eigenvalue weighted by Gasteiger charge is -2.18. The van der Waals surface area contributed by atoms with Gasteiger partial charge in [0, 0.05) is 19.7 Å². The van der Waals surface area contributed by atoms with Crippen molar-refractivity contribution in [1.29, 1.82) is 0 Å². The van der Waals surface area contributed by atoms with Crippen molar-refractivity contribution in [2.75, 3.05) is 33.4 Å². The Morgan fingerprint density at radius 3 is 2.90 bits per heavy atom. The van der Waals surface area contributed by atoms with E-state index in [0.29, 0.717) is 12.1 Å². The molecule has 1 aliphatic carbocycles. The fraction of sp³-hybridized carbons (Fsp3) is 0.667. The van der Waals surface area contributed by atoms with E-state index < -0.39 is 6.10 Å². The highest BCUT2D eigenvalue weighted by Gasteiger charge is 2.21. The molecule has 0 bridgehead atoms. The molecule has 5 heteroatoms. The molecule has 20 heavy (non-hydrogen) atoms. The molecule has 1 aromatic rings. The monoisotopic (exact) mass is 282 g/mol. The van der Waals surface area contributed by atoms with Crippen LogP contribution >= 0.6 is 0 Å². The van der Waals surface area contributed by atoms with Crippen LogP contribution in [0.3, 0.4) is 0 Å². The van der Waals surface area contributed by atoms with E-state index in [9.17, 15) is 9.50 Å². The van der Waals surface area contributed by atoms with E-state index in [1.165, 1.54) is 25.0 Å². The van der Waals surface area contributed by atoms with Crippen LogP contribution in [0.25, 0.3) is 0 Å². The Morgan fingerprint density at radius 1 is 1.45 bits per heavy atom. The van der Waals surface area contributed by atoms with Crippen molar-refractivity contribution in [3.63, 3.8) is 0 Å². The van der Waals surface area contributed by atoms with Crippen LogP contribution in [0.5, 0.6) is 0 Å². The summed E-state index contributed by atoms with van der Waals surface area (Å²) in [6.07, 6.45) is 3.69. The summed E-state index contributed by atoms with van der Waals surface area (Å²) in [7, 11) is 2.01. The Bertz CT molecular complexity index is 395. The second-order valence-electron chi connectivity index (χ2n) is 5.53. The SMILES string of the molecule is CN(CCOCC1CC1)CCC(O)c1ccc(F)cn1. The van der Waals surface area contributed by atoms with Gasteiger partial charge in [-0.3, -0.25) is 4.98 Å². The van der Waals surface area contributed by atoms with Crippen LogP contribution in [0.4, 0.5) is 4.39 Å². The quantitative estimate of drug-likeness (QED) is 0.704. The second-order valence-corrected chi connectivity index (χ2v) is 5.53. The minimum absolute atomic E-state index is 0.383. The van der Waals surface area contributed by atoms with Gasteiger partial charge in [0.1, 0.15) is 5.82 Å². The molecular weight excluding hydrogens is 259 g/mol. The minimum Gasteiger partial charge on any atom is -0.387 e. The first kappa shape index (κ1) is 15.4. The number of aromatic nitrogens is 1. The molecule has 0 spiro atoms. The fourth-order valence-corrected chi connectivity index (χ4v) is 1.94. The molecule has 0 saturated heterocycles. The number of hydrogen-bond acceptors (Lipinski definition) is 4. The third kappa shape index (κ3) is 5.53. The van der Waals surface area contributed by atoms with Crippen LogP contribution in [-0.4, -0.2) is 48.3 Å². The highest BCUT2D eigenvalue weighted by atomic mass is 19.1. The smallest absolute Gasteiger partial charge is 0.141 e. The number of hydrogen-bond donors (Lipinski definition) is 1. The van der Waals surface area contributed by atoms with E-state index >= 15 is 0 Å². The summed E-state index contributed by atoms with van der Waals surface area (Å²) in [6, 6.07) is 2.85. The van der Waals surface area contributed by atoms with Crippen molar-refractivity contribution in [1.82, 2.24) is 9.88 Å². The Morgan fingerprint density at radius 2 is 2.25 bits per heavy atom. The topological polar surface area (TPSA) is 45.6 Å². The van der Waals surface area contributed by atoms with E-state index in [4.69, 9.17) is 4.74 Å². The van der Waals surface area contributed by atoms with E-state index in [1.807, 2.05) is 7.05 Å². The molecule has 1 N–H and O–H groups in total. The van der Waals surface area contributed by atoms with Gasteiger partial charge >= 0.3 is 0 Å². The predicted octanol–water partition coefficient (Wildman–Crippen LogP) is 2.00. The van der Waals surface area contributed by atoms with E-state index in [1.54, 1.807) is 0 Å². The third-order valence-corrected chi connectivity index (χ3v) is 3.54. The molecule has 1 saturated carbocycles. The predicted molar refractivity (Wildman–Crippen MR) is 74.8 cm³/mol. The summed E-state index contributed by atoms with van der Waals surface area (Å²) >= 11 is 0. The van der Waals surface area contributed by atoms with Gasteiger partial charge in [0.25, 0.3) is 0 Å². The van der Waals surface area contributed by atoms with Gasteiger partial charge in [-0.2, -0.15) is 0 Å². The van der Waals surface area contributed by atoms with Crippen LogP contribution in [0, 0.1) is 11.7 Å². The number of rotatable bonds is 9. The van der Waals surface area contributed by atoms with Gasteiger partial charge in [-0.25, -0.2) is 4.39 Å². The Hall–Kier alpha value is -1.04. The van der Waals surface area contributed by atoms with E-state index in [0.717, 1.165) is 38.4 Å². The first-order valence-corrected chi connectivity index (χ1v) is 7.21. The highest BCUT2D eigenvalue weighted by Crippen LogP contribution is 2.28. The molecule has 0 amide bonds. The molecular formula is C15H23FN2O2. The van der Waals surface area contributed by atoms with Crippen LogP contribution in [-0.2, 0) is 4.74 Å². The zero-order valence-corrected chi connectivity index (χ0v) is 12.0. The Balaban J connectivity index is 1.59. The average Bonchev–Trinajstić information content (AvgIpc) is 3.26. The maximum absolute atomic E-state index is 12.7. The number of aliphatic hydroxyl groups excluding tert-OH is 1. The molecule has 1 aromatic heterocycles. The number of aliphatic hydroxyl groups is 1. The van der Waals surface area contributed by atoms with Crippen LogP contribution in [0.2, 0.25) is 0 Å². The molecule has 112 valence electrons. The summed E-state index contributed by atoms with van der Waals surface area (Å²) in [6.45, 7) is 3.23. The summed E-state index contributed by atoms with van der Waals surface area (Å²) in [5.74, 6) is 0.414. The van der Waals surface area contributed by atoms with Gasteiger partial charge in [-0.15, -0.1) is 0 Å².